The van der Waals surface area contributed by atoms with Crippen molar-refractivity contribution in [3.8, 4) is 0 Å². The van der Waals surface area contributed by atoms with Crippen LogP contribution in [0, 0.1) is 0 Å². The van der Waals surface area contributed by atoms with Crippen LogP contribution in [-0.4, -0.2) is 18.0 Å². The Bertz CT molecular complexity index is 180. The summed E-state index contributed by atoms with van der Waals surface area (Å²) in [7, 11) is 0. The molecule has 3 heteroatoms. The lowest BCUT2D eigenvalue weighted by molar-refractivity contribution is -0.124. The Morgan fingerprint density at radius 1 is 1.69 bits per heavy atom. The van der Waals surface area contributed by atoms with Gasteiger partial charge in [-0.15, -0.1) is 6.58 Å². The summed E-state index contributed by atoms with van der Waals surface area (Å²) < 4.78 is 0. The minimum atomic E-state index is -0.579. The average molecular weight is 184 g/mol. The zero-order valence-corrected chi connectivity index (χ0v) is 8.60. The van der Waals surface area contributed by atoms with Crippen molar-refractivity contribution in [3.05, 3.63) is 12.7 Å². The molecule has 13 heavy (non-hydrogen) atoms. The van der Waals surface area contributed by atoms with Gasteiger partial charge in [0.25, 0.3) is 0 Å². The van der Waals surface area contributed by atoms with Crippen LogP contribution in [-0.2, 0) is 4.79 Å². The van der Waals surface area contributed by atoms with Gasteiger partial charge in [0.15, 0.2) is 0 Å². The quantitative estimate of drug-likeness (QED) is 0.584. The molecule has 0 saturated carbocycles. The topological polar surface area (TPSA) is 55.1 Å². The number of hydrogen-bond donors (Lipinski definition) is 2. The van der Waals surface area contributed by atoms with Crippen LogP contribution in [0.2, 0.25) is 0 Å². The van der Waals surface area contributed by atoms with Gasteiger partial charge >= 0.3 is 0 Å². The van der Waals surface area contributed by atoms with Crippen molar-refractivity contribution < 1.29 is 4.79 Å². The van der Waals surface area contributed by atoms with Gasteiger partial charge in [0.2, 0.25) is 5.91 Å². The molecule has 1 unspecified atom stereocenters. The monoisotopic (exact) mass is 184 g/mol. The maximum atomic E-state index is 11.2. The third-order valence-electron chi connectivity index (χ3n) is 2.16. The largest absolute Gasteiger partial charge is 0.368 e. The molecule has 1 atom stereocenters. The number of rotatable bonds is 7. The molecule has 76 valence electrons. The summed E-state index contributed by atoms with van der Waals surface area (Å²) in [5, 5.41) is 3.16. The first-order valence-electron chi connectivity index (χ1n) is 4.72. The molecule has 0 aromatic rings. The van der Waals surface area contributed by atoms with Gasteiger partial charge in [-0.05, 0) is 32.7 Å². The van der Waals surface area contributed by atoms with E-state index in [0.717, 1.165) is 19.4 Å². The normalized spacial score (nSPS) is 14.9. The lowest BCUT2D eigenvalue weighted by atomic mass is 9.95. The van der Waals surface area contributed by atoms with Gasteiger partial charge in [-0.25, -0.2) is 0 Å². The van der Waals surface area contributed by atoms with E-state index >= 15 is 0 Å². The highest BCUT2D eigenvalue weighted by Crippen LogP contribution is 2.11. The molecule has 0 aliphatic heterocycles. The van der Waals surface area contributed by atoms with Crippen molar-refractivity contribution in [2.75, 3.05) is 6.54 Å². The van der Waals surface area contributed by atoms with Crippen LogP contribution < -0.4 is 11.1 Å². The first kappa shape index (κ1) is 12.2. The molecular weight excluding hydrogens is 164 g/mol. The smallest absolute Gasteiger partial charge is 0.237 e. The summed E-state index contributed by atoms with van der Waals surface area (Å²) in [6, 6.07) is 0. The molecule has 0 aromatic heterocycles. The Hall–Kier alpha value is -0.830. The van der Waals surface area contributed by atoms with Crippen LogP contribution in [0.25, 0.3) is 0 Å². The number of carbonyl (C=O) groups excluding carboxylic acids is 1. The Labute approximate surface area is 80.4 Å². The lowest BCUT2D eigenvalue weighted by Gasteiger charge is -2.26. The fraction of sp³-hybridized carbons (Fsp3) is 0.700. The molecule has 0 aliphatic carbocycles. The van der Waals surface area contributed by atoms with Crippen molar-refractivity contribution in [2.45, 2.75) is 38.6 Å². The molecule has 0 radical (unpaired) electrons. The van der Waals surface area contributed by atoms with E-state index < -0.39 is 5.54 Å². The first-order valence-corrected chi connectivity index (χ1v) is 4.72. The Morgan fingerprint density at radius 2 is 2.31 bits per heavy atom. The third-order valence-corrected chi connectivity index (χ3v) is 2.16. The van der Waals surface area contributed by atoms with Gasteiger partial charge in [0.1, 0.15) is 0 Å². The van der Waals surface area contributed by atoms with Crippen molar-refractivity contribution in [1.82, 2.24) is 5.32 Å². The van der Waals surface area contributed by atoms with E-state index in [1.165, 1.54) is 0 Å². The Balaban J connectivity index is 4.15. The number of allylic oxidation sites excluding steroid dienone is 1. The second kappa shape index (κ2) is 5.75. The summed E-state index contributed by atoms with van der Waals surface area (Å²) in [6.07, 6.45) is 4.31. The summed E-state index contributed by atoms with van der Waals surface area (Å²) in [4.78, 5) is 11.2. The predicted octanol–water partition coefficient (Wildman–Crippen LogP) is 1.20. The Morgan fingerprint density at radius 3 is 2.69 bits per heavy atom. The second-order valence-corrected chi connectivity index (χ2v) is 3.45. The number of nitrogens with one attached hydrogen (secondary N) is 1. The number of carbonyl (C=O) groups is 1. The molecule has 3 N–H and O–H groups in total. The van der Waals surface area contributed by atoms with E-state index in [1.807, 2.05) is 6.92 Å². The highest BCUT2D eigenvalue weighted by Gasteiger charge is 2.28. The highest BCUT2D eigenvalue weighted by atomic mass is 16.1. The van der Waals surface area contributed by atoms with E-state index in [1.54, 1.807) is 6.08 Å². The maximum absolute atomic E-state index is 11.2. The minimum Gasteiger partial charge on any atom is -0.368 e. The number of primary amides is 1. The van der Waals surface area contributed by atoms with Crippen molar-refractivity contribution in [1.29, 1.82) is 0 Å². The van der Waals surface area contributed by atoms with E-state index in [2.05, 4.69) is 18.8 Å². The van der Waals surface area contributed by atoms with Crippen LogP contribution in [0.5, 0.6) is 0 Å². The third kappa shape index (κ3) is 4.08. The second-order valence-electron chi connectivity index (χ2n) is 3.45. The molecule has 1 amide bonds. The van der Waals surface area contributed by atoms with E-state index in [-0.39, 0.29) is 5.91 Å². The van der Waals surface area contributed by atoms with Gasteiger partial charge in [0, 0.05) is 0 Å². The van der Waals surface area contributed by atoms with Gasteiger partial charge in [-0.1, -0.05) is 13.0 Å². The molecule has 0 aliphatic rings. The van der Waals surface area contributed by atoms with Crippen molar-refractivity contribution >= 4 is 5.91 Å². The maximum Gasteiger partial charge on any atom is 0.237 e. The highest BCUT2D eigenvalue weighted by molar-refractivity contribution is 5.84. The molecular formula is C10H20N2O. The molecule has 0 bridgehead atoms. The average Bonchev–Trinajstić information content (AvgIpc) is 2.11. The van der Waals surface area contributed by atoms with E-state index in [9.17, 15) is 4.79 Å². The Kier molecular flexibility index (Phi) is 5.39. The zero-order valence-electron chi connectivity index (χ0n) is 8.60. The van der Waals surface area contributed by atoms with Gasteiger partial charge in [-0.2, -0.15) is 0 Å². The zero-order chi connectivity index (χ0) is 10.3. The predicted molar refractivity (Wildman–Crippen MR) is 55.3 cm³/mol. The molecule has 3 nitrogen and oxygen atoms in total. The molecule has 0 fully saturated rings. The fourth-order valence-electron chi connectivity index (χ4n) is 1.09. The SMILES string of the molecule is C=CCCC(C)(NCCC)C(N)=O. The van der Waals surface area contributed by atoms with Crippen LogP contribution in [0.3, 0.4) is 0 Å². The van der Waals surface area contributed by atoms with Gasteiger partial charge < -0.3 is 11.1 Å². The summed E-state index contributed by atoms with van der Waals surface area (Å²) in [5.41, 5.74) is 4.74. The van der Waals surface area contributed by atoms with Crippen LogP contribution >= 0.6 is 0 Å². The van der Waals surface area contributed by atoms with E-state index in [4.69, 9.17) is 5.73 Å². The number of hydrogen-bond acceptors (Lipinski definition) is 2. The van der Waals surface area contributed by atoms with Crippen LogP contribution in [0.4, 0.5) is 0 Å². The summed E-state index contributed by atoms with van der Waals surface area (Å²) >= 11 is 0. The molecule has 0 aromatic carbocycles. The van der Waals surface area contributed by atoms with Crippen LogP contribution in [0.1, 0.15) is 33.1 Å². The van der Waals surface area contributed by atoms with Crippen LogP contribution in [0.15, 0.2) is 12.7 Å². The van der Waals surface area contributed by atoms with Crippen molar-refractivity contribution in [2.24, 2.45) is 5.73 Å². The fourth-order valence-corrected chi connectivity index (χ4v) is 1.09. The van der Waals surface area contributed by atoms with Gasteiger partial charge in [0.05, 0.1) is 5.54 Å². The lowest BCUT2D eigenvalue weighted by Crippen LogP contribution is -2.53. The standard InChI is InChI=1S/C10H20N2O/c1-4-6-7-10(3,9(11)13)12-8-5-2/h4,12H,1,5-8H2,2-3H3,(H2,11,13). The van der Waals surface area contributed by atoms with E-state index in [0.29, 0.717) is 6.42 Å². The number of amides is 1. The molecule has 0 spiro atoms. The first-order chi connectivity index (χ1) is 6.06. The summed E-state index contributed by atoms with van der Waals surface area (Å²) in [6.45, 7) is 8.34. The molecule has 0 heterocycles. The minimum absolute atomic E-state index is 0.289. The number of nitrogens with two attached hydrogens (primary N) is 1. The van der Waals surface area contributed by atoms with Crippen molar-refractivity contribution in [3.63, 3.8) is 0 Å². The molecule has 0 saturated heterocycles. The summed E-state index contributed by atoms with van der Waals surface area (Å²) in [5.74, 6) is -0.289. The van der Waals surface area contributed by atoms with Gasteiger partial charge in [-0.3, -0.25) is 4.79 Å². The molecule has 0 rings (SSSR count).